The molecule has 0 fully saturated rings. The molecule has 2 heterocycles. The largest absolute Gasteiger partial charge is 0.495 e. The highest BCUT2D eigenvalue weighted by atomic mass is 16.5. The minimum atomic E-state index is -0.136. The number of nitrogens with one attached hydrogen (secondary N) is 1. The third-order valence-electron chi connectivity index (χ3n) is 4.18. The van der Waals surface area contributed by atoms with Gasteiger partial charge in [-0.15, -0.1) is 0 Å². The molecule has 1 aliphatic rings. The first kappa shape index (κ1) is 15.5. The van der Waals surface area contributed by atoms with Gasteiger partial charge in [-0.2, -0.15) is 0 Å². The summed E-state index contributed by atoms with van der Waals surface area (Å²) < 4.78 is 5.33. The molecular formula is C18H21N3O2. The lowest BCUT2D eigenvalue weighted by Gasteiger charge is -2.26. The predicted octanol–water partition coefficient (Wildman–Crippen LogP) is 2.64. The van der Waals surface area contributed by atoms with Gasteiger partial charge in [0.1, 0.15) is 5.75 Å². The van der Waals surface area contributed by atoms with Crippen molar-refractivity contribution in [3.8, 4) is 5.75 Å². The van der Waals surface area contributed by atoms with E-state index in [2.05, 4.69) is 22.2 Å². The van der Waals surface area contributed by atoms with Crippen molar-refractivity contribution >= 4 is 11.6 Å². The molecule has 2 aromatic rings. The first-order valence-corrected chi connectivity index (χ1v) is 7.69. The molecule has 1 N–H and O–H groups in total. The van der Waals surface area contributed by atoms with Crippen LogP contribution in [0.1, 0.15) is 27.0 Å². The number of carbonyl (C=O) groups is 1. The Kier molecular flexibility index (Phi) is 4.30. The number of ether oxygens (including phenoxy) is 1. The van der Waals surface area contributed by atoms with Gasteiger partial charge in [0.15, 0.2) is 0 Å². The average Bonchev–Trinajstić information content (AvgIpc) is 2.54. The fourth-order valence-corrected chi connectivity index (χ4v) is 2.94. The monoisotopic (exact) mass is 311 g/mol. The maximum atomic E-state index is 12.7. The number of rotatable bonds is 3. The third-order valence-corrected chi connectivity index (χ3v) is 4.18. The number of aryl methyl sites for hydroxylation is 1. The molecule has 0 saturated heterocycles. The second-order valence-corrected chi connectivity index (χ2v) is 5.97. The van der Waals surface area contributed by atoms with Gasteiger partial charge in [-0.1, -0.05) is 6.07 Å². The van der Waals surface area contributed by atoms with Crippen molar-refractivity contribution in [1.82, 2.24) is 9.88 Å². The number of likely N-dealkylation sites (N-methyl/N-ethyl adjacent to an activating group) is 1. The van der Waals surface area contributed by atoms with E-state index in [1.54, 1.807) is 13.3 Å². The molecule has 23 heavy (non-hydrogen) atoms. The summed E-state index contributed by atoms with van der Waals surface area (Å²) in [6.45, 7) is 3.76. The van der Waals surface area contributed by atoms with Crippen molar-refractivity contribution in [3.05, 3.63) is 52.8 Å². The van der Waals surface area contributed by atoms with Gasteiger partial charge in [-0.25, -0.2) is 0 Å². The molecule has 1 aromatic heterocycles. The smallest absolute Gasteiger partial charge is 0.257 e. The van der Waals surface area contributed by atoms with Crippen LogP contribution >= 0.6 is 0 Å². The zero-order chi connectivity index (χ0) is 16.4. The number of hydrogen-bond donors (Lipinski definition) is 1. The number of aromatic nitrogens is 1. The van der Waals surface area contributed by atoms with Gasteiger partial charge in [-0.05, 0) is 49.2 Å². The predicted molar refractivity (Wildman–Crippen MR) is 90.0 cm³/mol. The molecule has 0 spiro atoms. The maximum absolute atomic E-state index is 12.7. The van der Waals surface area contributed by atoms with Crippen LogP contribution in [0, 0.1) is 6.92 Å². The van der Waals surface area contributed by atoms with Crippen molar-refractivity contribution in [3.63, 3.8) is 0 Å². The Balaban J connectivity index is 1.90. The van der Waals surface area contributed by atoms with E-state index in [4.69, 9.17) is 4.74 Å². The van der Waals surface area contributed by atoms with Gasteiger partial charge < -0.3 is 15.0 Å². The van der Waals surface area contributed by atoms with E-state index in [9.17, 15) is 4.79 Å². The summed E-state index contributed by atoms with van der Waals surface area (Å²) in [5.74, 6) is 0.518. The Labute approximate surface area is 136 Å². The first-order chi connectivity index (χ1) is 11.1. The molecule has 5 nitrogen and oxygen atoms in total. The number of methoxy groups -OCH3 is 1. The maximum Gasteiger partial charge on any atom is 0.257 e. The number of nitrogens with zero attached hydrogens (tertiary/aromatic N) is 2. The molecular weight excluding hydrogens is 290 g/mol. The van der Waals surface area contributed by atoms with Gasteiger partial charge in [0.05, 0.1) is 18.4 Å². The van der Waals surface area contributed by atoms with Gasteiger partial charge in [-0.3, -0.25) is 9.78 Å². The number of anilines is 1. The minimum Gasteiger partial charge on any atom is -0.495 e. The molecule has 0 radical (unpaired) electrons. The highest BCUT2D eigenvalue weighted by Gasteiger charge is 2.21. The second-order valence-electron chi connectivity index (χ2n) is 5.97. The highest BCUT2D eigenvalue weighted by molar-refractivity contribution is 6.06. The van der Waals surface area contributed by atoms with E-state index in [1.165, 1.54) is 0 Å². The molecule has 0 bridgehead atoms. The summed E-state index contributed by atoms with van der Waals surface area (Å²) in [5, 5.41) is 2.96. The lowest BCUT2D eigenvalue weighted by molar-refractivity contribution is 0.102. The molecule has 1 aliphatic heterocycles. The number of benzene rings is 1. The summed E-state index contributed by atoms with van der Waals surface area (Å²) in [4.78, 5) is 19.2. The fraction of sp³-hybridized carbons (Fsp3) is 0.333. The molecule has 5 heteroatoms. The van der Waals surface area contributed by atoms with Gasteiger partial charge in [0.25, 0.3) is 5.91 Å². The molecule has 1 amide bonds. The standard InChI is InChI=1S/C18H21N3O2/c1-12-4-5-17(23-3)16(8-12)20-18(22)15-10-19-9-13-11-21(2)7-6-14(13)15/h4-5,8-10H,6-7,11H2,1-3H3,(H,20,22). The second kappa shape index (κ2) is 6.38. The third kappa shape index (κ3) is 3.19. The van der Waals surface area contributed by atoms with E-state index < -0.39 is 0 Å². The van der Waals surface area contributed by atoms with Gasteiger partial charge in [0, 0.05) is 25.5 Å². The topological polar surface area (TPSA) is 54.5 Å². The molecule has 0 atom stereocenters. The van der Waals surface area contributed by atoms with E-state index >= 15 is 0 Å². The van der Waals surface area contributed by atoms with Crippen LogP contribution in [-0.2, 0) is 13.0 Å². The number of hydrogen-bond acceptors (Lipinski definition) is 4. The van der Waals surface area contributed by atoms with E-state index in [-0.39, 0.29) is 5.91 Å². The molecule has 0 saturated carbocycles. The molecule has 3 rings (SSSR count). The van der Waals surface area contributed by atoms with Crippen molar-refractivity contribution < 1.29 is 9.53 Å². The summed E-state index contributed by atoms with van der Waals surface area (Å²) in [7, 11) is 3.68. The Morgan fingerprint density at radius 1 is 1.35 bits per heavy atom. The van der Waals surface area contributed by atoms with Crippen LogP contribution in [0.25, 0.3) is 0 Å². The quantitative estimate of drug-likeness (QED) is 0.947. The van der Waals surface area contributed by atoms with Crippen LogP contribution in [0.2, 0.25) is 0 Å². The summed E-state index contributed by atoms with van der Waals surface area (Å²) in [5.41, 5.74) is 4.63. The van der Waals surface area contributed by atoms with Crippen LogP contribution in [0.3, 0.4) is 0 Å². The summed E-state index contributed by atoms with van der Waals surface area (Å²) >= 11 is 0. The Bertz CT molecular complexity index is 743. The Morgan fingerprint density at radius 3 is 2.96 bits per heavy atom. The highest BCUT2D eigenvalue weighted by Crippen LogP contribution is 2.27. The van der Waals surface area contributed by atoms with Crippen LogP contribution in [0.15, 0.2) is 30.6 Å². The minimum absolute atomic E-state index is 0.136. The molecule has 0 unspecified atom stereocenters. The van der Waals surface area contributed by atoms with E-state index in [0.717, 1.165) is 36.2 Å². The van der Waals surface area contributed by atoms with Crippen LogP contribution in [-0.4, -0.2) is 36.5 Å². The summed E-state index contributed by atoms with van der Waals surface area (Å²) in [6, 6.07) is 5.72. The molecule has 1 aromatic carbocycles. The summed E-state index contributed by atoms with van der Waals surface area (Å²) in [6.07, 6.45) is 4.37. The fourth-order valence-electron chi connectivity index (χ4n) is 2.94. The van der Waals surface area contributed by atoms with Crippen LogP contribution in [0.5, 0.6) is 5.75 Å². The van der Waals surface area contributed by atoms with Crippen molar-refractivity contribution in [2.45, 2.75) is 19.9 Å². The van der Waals surface area contributed by atoms with Gasteiger partial charge >= 0.3 is 0 Å². The van der Waals surface area contributed by atoms with E-state index in [0.29, 0.717) is 17.0 Å². The molecule has 0 aliphatic carbocycles. The zero-order valence-electron chi connectivity index (χ0n) is 13.7. The van der Waals surface area contributed by atoms with Crippen molar-refractivity contribution in [1.29, 1.82) is 0 Å². The Morgan fingerprint density at radius 2 is 2.17 bits per heavy atom. The first-order valence-electron chi connectivity index (χ1n) is 7.69. The number of carbonyl (C=O) groups excluding carboxylic acids is 1. The normalized spacial score (nSPS) is 14.2. The Hall–Kier alpha value is -2.40. The zero-order valence-corrected chi connectivity index (χ0v) is 13.7. The van der Waals surface area contributed by atoms with Crippen LogP contribution < -0.4 is 10.1 Å². The lowest BCUT2D eigenvalue weighted by atomic mass is 9.97. The molecule has 120 valence electrons. The van der Waals surface area contributed by atoms with Crippen LogP contribution in [0.4, 0.5) is 5.69 Å². The lowest BCUT2D eigenvalue weighted by Crippen LogP contribution is -2.29. The number of fused-ring (bicyclic) bond motifs is 1. The number of amides is 1. The SMILES string of the molecule is COc1ccc(C)cc1NC(=O)c1cncc2c1CCN(C)C2. The van der Waals surface area contributed by atoms with Crippen molar-refractivity contribution in [2.75, 3.05) is 26.0 Å². The van der Waals surface area contributed by atoms with Crippen molar-refractivity contribution in [2.24, 2.45) is 0 Å². The number of pyridine rings is 1. The average molecular weight is 311 g/mol. The van der Waals surface area contributed by atoms with Gasteiger partial charge in [0.2, 0.25) is 0 Å². The van der Waals surface area contributed by atoms with E-state index in [1.807, 2.05) is 31.3 Å².